The van der Waals surface area contributed by atoms with Crippen LogP contribution in [0.5, 0.6) is 0 Å². The van der Waals surface area contributed by atoms with Gasteiger partial charge >= 0.3 is 0 Å². The van der Waals surface area contributed by atoms with E-state index in [0.29, 0.717) is 5.13 Å². The number of aromatic nitrogens is 2. The van der Waals surface area contributed by atoms with E-state index >= 15 is 0 Å². The zero-order valence-electron chi connectivity index (χ0n) is 9.11. The lowest BCUT2D eigenvalue weighted by atomic mass is 10.2. The number of aliphatic imine (C=N–C) groups is 1. The van der Waals surface area contributed by atoms with Crippen molar-refractivity contribution in [3.05, 3.63) is 22.8 Å². The van der Waals surface area contributed by atoms with Crippen molar-refractivity contribution >= 4 is 22.4 Å². The van der Waals surface area contributed by atoms with Crippen molar-refractivity contribution < 1.29 is 0 Å². The Morgan fingerprint density at radius 1 is 1.44 bits per heavy atom. The van der Waals surface area contributed by atoms with Crippen LogP contribution in [0.1, 0.15) is 10.6 Å². The Morgan fingerprint density at radius 3 is 2.75 bits per heavy atom. The maximum Gasteiger partial charge on any atom is 0.213 e. The molecule has 0 aliphatic carbocycles. The minimum atomic E-state index is 0.0334. The lowest BCUT2D eigenvalue weighted by molar-refractivity contribution is 1.25. The molecule has 0 saturated heterocycles. The summed E-state index contributed by atoms with van der Waals surface area (Å²) < 4.78 is 0. The Kier molecular flexibility index (Phi) is 2.66. The standard InChI is InChI=1S/C10H13N5S/c1-5-7(3-4-13-5)8-6(2)16-10(14-8)15-9(11)12/h3-4,13H,1-2H3,(H4,11,12,14,15). The van der Waals surface area contributed by atoms with Gasteiger partial charge in [-0.15, -0.1) is 0 Å². The van der Waals surface area contributed by atoms with Crippen LogP contribution in [0.2, 0.25) is 0 Å². The minimum absolute atomic E-state index is 0.0334. The van der Waals surface area contributed by atoms with Crippen LogP contribution < -0.4 is 11.5 Å². The highest BCUT2D eigenvalue weighted by atomic mass is 32.1. The van der Waals surface area contributed by atoms with Gasteiger partial charge in [-0.05, 0) is 19.9 Å². The van der Waals surface area contributed by atoms with E-state index < -0.39 is 0 Å². The lowest BCUT2D eigenvalue weighted by Crippen LogP contribution is -2.21. The molecule has 0 amide bonds. The van der Waals surface area contributed by atoms with Crippen molar-refractivity contribution in [1.82, 2.24) is 9.97 Å². The third-order valence-electron chi connectivity index (χ3n) is 2.22. The number of nitrogens with one attached hydrogen (secondary N) is 1. The summed E-state index contributed by atoms with van der Waals surface area (Å²) in [7, 11) is 0. The molecule has 16 heavy (non-hydrogen) atoms. The molecule has 0 aliphatic rings. The number of guanidine groups is 1. The minimum Gasteiger partial charge on any atom is -0.370 e. The van der Waals surface area contributed by atoms with E-state index in [-0.39, 0.29) is 5.96 Å². The molecular formula is C10H13N5S. The quantitative estimate of drug-likeness (QED) is 0.546. The number of H-pyrrole nitrogens is 1. The van der Waals surface area contributed by atoms with Gasteiger partial charge in [-0.1, -0.05) is 11.3 Å². The summed E-state index contributed by atoms with van der Waals surface area (Å²) in [5.41, 5.74) is 13.8. The first-order valence-electron chi connectivity index (χ1n) is 4.79. The highest BCUT2D eigenvalue weighted by Gasteiger charge is 2.11. The first-order valence-corrected chi connectivity index (χ1v) is 5.61. The third-order valence-corrected chi connectivity index (χ3v) is 3.08. The molecule has 0 aromatic carbocycles. The predicted molar refractivity (Wildman–Crippen MR) is 66.8 cm³/mol. The van der Waals surface area contributed by atoms with Gasteiger partial charge in [0.05, 0.1) is 5.69 Å². The summed E-state index contributed by atoms with van der Waals surface area (Å²) in [5.74, 6) is 0.0334. The second-order valence-corrected chi connectivity index (χ2v) is 4.64. The normalized spacial score (nSPS) is 10.4. The fourth-order valence-electron chi connectivity index (χ4n) is 1.50. The monoisotopic (exact) mass is 235 g/mol. The van der Waals surface area contributed by atoms with Gasteiger partial charge in [0, 0.05) is 22.3 Å². The van der Waals surface area contributed by atoms with Gasteiger partial charge in [-0.2, -0.15) is 4.99 Å². The largest absolute Gasteiger partial charge is 0.370 e. The van der Waals surface area contributed by atoms with Gasteiger partial charge in [0.1, 0.15) is 0 Å². The Balaban J connectivity index is 2.47. The number of rotatable bonds is 2. The molecule has 0 atom stereocenters. The van der Waals surface area contributed by atoms with Crippen molar-refractivity contribution in [2.75, 3.05) is 0 Å². The third kappa shape index (κ3) is 1.92. The molecule has 0 radical (unpaired) electrons. The molecule has 0 aliphatic heterocycles. The van der Waals surface area contributed by atoms with Gasteiger partial charge < -0.3 is 16.5 Å². The zero-order chi connectivity index (χ0) is 11.7. The highest BCUT2D eigenvalue weighted by Crippen LogP contribution is 2.33. The molecule has 0 bridgehead atoms. The van der Waals surface area contributed by atoms with E-state index in [4.69, 9.17) is 11.5 Å². The molecule has 5 nitrogen and oxygen atoms in total. The van der Waals surface area contributed by atoms with Gasteiger partial charge in [0.2, 0.25) is 5.13 Å². The van der Waals surface area contributed by atoms with E-state index in [0.717, 1.165) is 21.8 Å². The van der Waals surface area contributed by atoms with E-state index in [1.54, 1.807) is 0 Å². The summed E-state index contributed by atoms with van der Waals surface area (Å²) in [6.45, 7) is 4.01. The molecular weight excluding hydrogens is 222 g/mol. The first-order chi connectivity index (χ1) is 7.58. The van der Waals surface area contributed by atoms with E-state index in [2.05, 4.69) is 15.0 Å². The van der Waals surface area contributed by atoms with Crippen molar-refractivity contribution in [2.24, 2.45) is 16.5 Å². The van der Waals surface area contributed by atoms with Crippen LogP contribution in [0.25, 0.3) is 11.3 Å². The van der Waals surface area contributed by atoms with Crippen molar-refractivity contribution in [3.63, 3.8) is 0 Å². The molecule has 0 unspecified atom stereocenters. The van der Waals surface area contributed by atoms with Gasteiger partial charge in [0.25, 0.3) is 0 Å². The lowest BCUT2D eigenvalue weighted by Gasteiger charge is -1.95. The number of aromatic amines is 1. The van der Waals surface area contributed by atoms with Crippen molar-refractivity contribution in [1.29, 1.82) is 0 Å². The van der Waals surface area contributed by atoms with Crippen LogP contribution in [0, 0.1) is 13.8 Å². The zero-order valence-corrected chi connectivity index (χ0v) is 9.93. The number of thiazole rings is 1. The number of nitrogens with two attached hydrogens (primary N) is 2. The number of hydrogen-bond donors (Lipinski definition) is 3. The van der Waals surface area contributed by atoms with Crippen molar-refractivity contribution in [2.45, 2.75) is 13.8 Å². The molecule has 84 valence electrons. The van der Waals surface area contributed by atoms with Crippen LogP contribution in [0.3, 0.4) is 0 Å². The van der Waals surface area contributed by atoms with Gasteiger partial charge in [-0.25, -0.2) is 4.98 Å². The van der Waals surface area contributed by atoms with E-state index in [9.17, 15) is 0 Å². The molecule has 2 heterocycles. The second-order valence-electron chi connectivity index (χ2n) is 3.45. The predicted octanol–water partition coefficient (Wildman–Crippen LogP) is 1.66. The number of hydrogen-bond acceptors (Lipinski definition) is 3. The topological polar surface area (TPSA) is 93.1 Å². The maximum absolute atomic E-state index is 5.32. The van der Waals surface area contributed by atoms with Crippen LogP contribution in [0.4, 0.5) is 5.13 Å². The number of aryl methyl sites for hydroxylation is 2. The maximum atomic E-state index is 5.32. The summed E-state index contributed by atoms with van der Waals surface area (Å²) in [4.78, 5) is 12.6. The average Bonchev–Trinajstić information content (AvgIpc) is 2.71. The van der Waals surface area contributed by atoms with Crippen LogP contribution >= 0.6 is 11.3 Å². The first kappa shape index (κ1) is 10.7. The second kappa shape index (κ2) is 3.97. The summed E-state index contributed by atoms with van der Waals surface area (Å²) in [6, 6.07) is 2.00. The molecule has 6 heteroatoms. The van der Waals surface area contributed by atoms with Gasteiger partial charge in [0.15, 0.2) is 5.96 Å². The summed E-state index contributed by atoms with van der Waals surface area (Å²) in [6.07, 6.45) is 1.89. The Hall–Kier alpha value is -1.82. The molecule has 0 saturated carbocycles. The SMILES string of the molecule is Cc1[nH]ccc1-c1nc(N=C(N)N)sc1C. The molecule has 2 aromatic rings. The Bertz CT molecular complexity index is 533. The average molecular weight is 235 g/mol. The number of nitrogens with zero attached hydrogens (tertiary/aromatic N) is 2. The van der Waals surface area contributed by atoms with E-state index in [1.807, 2.05) is 26.1 Å². The fourth-order valence-corrected chi connectivity index (χ4v) is 2.31. The van der Waals surface area contributed by atoms with E-state index in [1.165, 1.54) is 11.3 Å². The fraction of sp³-hybridized carbons (Fsp3) is 0.200. The smallest absolute Gasteiger partial charge is 0.213 e. The highest BCUT2D eigenvalue weighted by molar-refractivity contribution is 7.15. The van der Waals surface area contributed by atoms with Crippen molar-refractivity contribution in [3.8, 4) is 11.3 Å². The molecule has 5 N–H and O–H groups in total. The summed E-state index contributed by atoms with van der Waals surface area (Å²) in [5, 5.41) is 0.591. The van der Waals surface area contributed by atoms with Crippen LogP contribution in [0.15, 0.2) is 17.3 Å². The van der Waals surface area contributed by atoms with Crippen LogP contribution in [-0.2, 0) is 0 Å². The molecule has 2 aromatic heterocycles. The molecule has 2 rings (SSSR count). The molecule has 0 fully saturated rings. The van der Waals surface area contributed by atoms with Gasteiger partial charge in [-0.3, -0.25) is 0 Å². The Morgan fingerprint density at radius 2 is 2.19 bits per heavy atom. The Labute approximate surface area is 97.2 Å². The van der Waals surface area contributed by atoms with Crippen LogP contribution in [-0.4, -0.2) is 15.9 Å². The summed E-state index contributed by atoms with van der Waals surface area (Å²) >= 11 is 1.48. The molecule has 0 spiro atoms.